The van der Waals surface area contributed by atoms with Gasteiger partial charge in [0.25, 0.3) is 5.69 Å². The molecule has 0 amide bonds. The average Bonchev–Trinajstić information content (AvgIpc) is 2.29. The predicted molar refractivity (Wildman–Crippen MR) is 65.2 cm³/mol. The zero-order valence-electron chi connectivity index (χ0n) is 9.80. The number of carbonyl (C=O) groups excluding carboxylic acids is 1. The van der Waals surface area contributed by atoms with Gasteiger partial charge in [-0.15, -0.1) is 11.8 Å². The Labute approximate surface area is 103 Å². The van der Waals surface area contributed by atoms with Crippen molar-refractivity contribution in [3.63, 3.8) is 0 Å². The first kappa shape index (κ1) is 13.5. The lowest BCUT2D eigenvalue weighted by molar-refractivity contribution is -0.387. The van der Waals surface area contributed by atoms with Gasteiger partial charge in [0, 0.05) is 6.07 Å². The van der Waals surface area contributed by atoms with E-state index < -0.39 is 16.1 Å². The lowest BCUT2D eigenvalue weighted by Gasteiger charge is -2.09. The minimum absolute atomic E-state index is 0.0192. The molecule has 0 aliphatic rings. The van der Waals surface area contributed by atoms with Crippen LogP contribution in [0.5, 0.6) is 0 Å². The van der Waals surface area contributed by atoms with Crippen molar-refractivity contribution in [2.75, 3.05) is 7.11 Å². The van der Waals surface area contributed by atoms with Gasteiger partial charge in [-0.2, -0.15) is 0 Å². The molecule has 0 heterocycles. The molecule has 0 radical (unpaired) electrons. The molecular formula is C11H13NO4S. The smallest absolute Gasteiger partial charge is 0.318 e. The number of esters is 1. The van der Waals surface area contributed by atoms with Gasteiger partial charge >= 0.3 is 5.97 Å². The van der Waals surface area contributed by atoms with E-state index in [1.807, 2.05) is 0 Å². The number of nitro benzene ring substituents is 1. The predicted octanol–water partition coefficient (Wildman–Crippen LogP) is 2.56. The molecule has 0 aromatic heterocycles. The standard InChI is InChI=1S/C11H13NO4S/c1-7-4-5-10(9(6-7)12(14)15)17-8(2)11(13)16-3/h4-6,8H,1-3H3/t8-/m1/s1. The molecule has 1 aromatic carbocycles. The number of methoxy groups -OCH3 is 1. The molecule has 0 saturated carbocycles. The number of hydrogen-bond acceptors (Lipinski definition) is 5. The van der Waals surface area contributed by atoms with E-state index in [1.165, 1.54) is 13.2 Å². The van der Waals surface area contributed by atoms with Crippen LogP contribution in [0.25, 0.3) is 0 Å². The fourth-order valence-electron chi connectivity index (χ4n) is 1.27. The maximum atomic E-state index is 11.3. The number of ether oxygens (including phenoxy) is 1. The molecule has 1 atom stereocenters. The average molecular weight is 255 g/mol. The van der Waals surface area contributed by atoms with Crippen molar-refractivity contribution in [2.24, 2.45) is 0 Å². The highest BCUT2D eigenvalue weighted by Gasteiger charge is 2.21. The highest BCUT2D eigenvalue weighted by atomic mass is 32.2. The minimum Gasteiger partial charge on any atom is -0.468 e. The molecule has 0 saturated heterocycles. The van der Waals surface area contributed by atoms with E-state index in [0.29, 0.717) is 4.90 Å². The summed E-state index contributed by atoms with van der Waals surface area (Å²) < 4.78 is 4.58. The van der Waals surface area contributed by atoms with Gasteiger partial charge in [-0.05, 0) is 25.5 Å². The number of thioether (sulfide) groups is 1. The SMILES string of the molecule is COC(=O)[C@@H](C)Sc1ccc(C)cc1[N+](=O)[O-]. The first-order chi connectivity index (χ1) is 7.95. The van der Waals surface area contributed by atoms with Crippen LogP contribution in [0.2, 0.25) is 0 Å². The van der Waals surface area contributed by atoms with E-state index in [2.05, 4.69) is 4.74 Å². The first-order valence-electron chi connectivity index (χ1n) is 4.95. The maximum Gasteiger partial charge on any atom is 0.318 e. The van der Waals surface area contributed by atoms with Crippen molar-refractivity contribution in [3.8, 4) is 0 Å². The Morgan fingerprint density at radius 3 is 2.71 bits per heavy atom. The lowest BCUT2D eigenvalue weighted by atomic mass is 10.2. The monoisotopic (exact) mass is 255 g/mol. The second-order valence-electron chi connectivity index (χ2n) is 3.51. The van der Waals surface area contributed by atoms with Crippen LogP contribution in [-0.4, -0.2) is 23.3 Å². The van der Waals surface area contributed by atoms with Gasteiger partial charge in [-0.25, -0.2) is 0 Å². The number of benzene rings is 1. The van der Waals surface area contributed by atoms with Crippen LogP contribution in [0.1, 0.15) is 12.5 Å². The number of hydrogen-bond donors (Lipinski definition) is 0. The fraction of sp³-hybridized carbons (Fsp3) is 0.364. The number of rotatable bonds is 4. The topological polar surface area (TPSA) is 69.4 Å². The summed E-state index contributed by atoms with van der Waals surface area (Å²) in [6, 6.07) is 4.92. The van der Waals surface area contributed by atoms with Crippen LogP contribution in [0.15, 0.2) is 23.1 Å². The molecule has 0 spiro atoms. The van der Waals surface area contributed by atoms with E-state index in [9.17, 15) is 14.9 Å². The molecular weight excluding hydrogens is 242 g/mol. The van der Waals surface area contributed by atoms with E-state index in [0.717, 1.165) is 17.3 Å². The summed E-state index contributed by atoms with van der Waals surface area (Å²) in [6.07, 6.45) is 0. The maximum absolute atomic E-state index is 11.3. The second-order valence-corrected chi connectivity index (χ2v) is 4.89. The fourth-order valence-corrected chi connectivity index (χ4v) is 2.25. The van der Waals surface area contributed by atoms with Crippen LogP contribution < -0.4 is 0 Å². The molecule has 0 N–H and O–H groups in total. The Bertz CT molecular complexity index is 447. The molecule has 17 heavy (non-hydrogen) atoms. The van der Waals surface area contributed by atoms with Crippen LogP contribution in [-0.2, 0) is 9.53 Å². The third-order valence-electron chi connectivity index (χ3n) is 2.15. The molecule has 0 bridgehead atoms. The van der Waals surface area contributed by atoms with Crippen LogP contribution in [0.3, 0.4) is 0 Å². The molecule has 0 aliphatic carbocycles. The molecule has 0 aliphatic heterocycles. The second kappa shape index (κ2) is 5.67. The first-order valence-corrected chi connectivity index (χ1v) is 5.83. The van der Waals surface area contributed by atoms with Crippen LogP contribution in [0.4, 0.5) is 5.69 Å². The summed E-state index contributed by atoms with van der Waals surface area (Å²) in [6.45, 7) is 3.44. The third kappa shape index (κ3) is 3.45. The van der Waals surface area contributed by atoms with E-state index in [-0.39, 0.29) is 5.69 Å². The quantitative estimate of drug-likeness (QED) is 0.358. The summed E-state index contributed by atoms with van der Waals surface area (Å²) in [7, 11) is 1.29. The number of nitrogens with zero attached hydrogens (tertiary/aromatic N) is 1. The Morgan fingerprint density at radius 2 is 2.18 bits per heavy atom. The van der Waals surface area contributed by atoms with Crippen molar-refractivity contribution < 1.29 is 14.5 Å². The summed E-state index contributed by atoms with van der Waals surface area (Å²) in [5.74, 6) is -0.398. The Morgan fingerprint density at radius 1 is 1.53 bits per heavy atom. The third-order valence-corrected chi connectivity index (χ3v) is 3.29. The zero-order valence-corrected chi connectivity index (χ0v) is 10.6. The number of aryl methyl sites for hydroxylation is 1. The number of nitro groups is 1. The van der Waals surface area contributed by atoms with Crippen molar-refractivity contribution in [1.29, 1.82) is 0 Å². The molecule has 0 fully saturated rings. The van der Waals surface area contributed by atoms with Crippen LogP contribution in [0, 0.1) is 17.0 Å². The Balaban J connectivity index is 2.98. The van der Waals surface area contributed by atoms with Gasteiger partial charge in [0.2, 0.25) is 0 Å². The van der Waals surface area contributed by atoms with Crippen molar-refractivity contribution in [2.45, 2.75) is 24.0 Å². The summed E-state index contributed by atoms with van der Waals surface area (Å²) >= 11 is 1.12. The van der Waals surface area contributed by atoms with E-state index in [4.69, 9.17) is 0 Å². The zero-order chi connectivity index (χ0) is 13.0. The van der Waals surface area contributed by atoms with Crippen molar-refractivity contribution in [1.82, 2.24) is 0 Å². The van der Waals surface area contributed by atoms with Gasteiger partial charge in [-0.3, -0.25) is 14.9 Å². The largest absolute Gasteiger partial charge is 0.468 e. The van der Waals surface area contributed by atoms with Gasteiger partial charge in [0.1, 0.15) is 5.25 Å². The van der Waals surface area contributed by atoms with Crippen molar-refractivity contribution >= 4 is 23.4 Å². The van der Waals surface area contributed by atoms with Gasteiger partial charge in [0.15, 0.2) is 0 Å². The lowest BCUT2D eigenvalue weighted by Crippen LogP contribution is -2.14. The molecule has 0 unspecified atom stereocenters. The van der Waals surface area contributed by atoms with Crippen molar-refractivity contribution in [3.05, 3.63) is 33.9 Å². The van der Waals surface area contributed by atoms with Crippen LogP contribution >= 0.6 is 11.8 Å². The Kier molecular flexibility index (Phi) is 4.51. The van der Waals surface area contributed by atoms with Gasteiger partial charge in [0.05, 0.1) is 16.9 Å². The van der Waals surface area contributed by atoms with Gasteiger partial charge < -0.3 is 4.74 Å². The highest BCUT2D eigenvalue weighted by molar-refractivity contribution is 8.00. The minimum atomic E-state index is -0.471. The summed E-state index contributed by atoms with van der Waals surface area (Å²) in [4.78, 5) is 22.1. The normalized spacial score (nSPS) is 11.9. The summed E-state index contributed by atoms with van der Waals surface area (Å²) in [5, 5.41) is 10.4. The molecule has 1 aromatic rings. The number of carbonyl (C=O) groups is 1. The molecule has 5 nitrogen and oxygen atoms in total. The molecule has 92 valence electrons. The highest BCUT2D eigenvalue weighted by Crippen LogP contribution is 2.33. The Hall–Kier alpha value is -1.56. The van der Waals surface area contributed by atoms with Gasteiger partial charge in [-0.1, -0.05) is 6.07 Å². The molecule has 1 rings (SSSR count). The van der Waals surface area contributed by atoms with E-state index >= 15 is 0 Å². The molecule has 6 heteroatoms. The van der Waals surface area contributed by atoms with E-state index in [1.54, 1.807) is 26.0 Å². The summed E-state index contributed by atoms with van der Waals surface area (Å²) in [5.41, 5.74) is 0.831.